The molecule has 0 aliphatic carbocycles. The molecular weight excluding hydrogens is 323 g/mol. The number of hydrogen-bond donors (Lipinski definition) is 0. The van der Waals surface area contributed by atoms with Crippen LogP contribution < -0.4 is 4.74 Å². The van der Waals surface area contributed by atoms with Crippen LogP contribution in [0.25, 0.3) is 0 Å². The molecule has 0 spiro atoms. The van der Waals surface area contributed by atoms with Gasteiger partial charge in [-0.05, 0) is 43.5 Å². The number of rotatable bonds is 4. The quantitative estimate of drug-likeness (QED) is 0.785. The van der Waals surface area contributed by atoms with Crippen molar-refractivity contribution in [3.05, 3.63) is 42.2 Å². The van der Waals surface area contributed by atoms with Crippen LogP contribution in [-0.2, 0) is 16.0 Å². The van der Waals surface area contributed by atoms with E-state index >= 15 is 0 Å². The smallest absolute Gasteiger partial charge is 0.246 e. The molecular formula is C19H23FN2O3. The first-order chi connectivity index (χ1) is 12.0. The van der Waals surface area contributed by atoms with E-state index in [1.54, 1.807) is 0 Å². The Morgan fingerprint density at radius 3 is 2.76 bits per heavy atom. The fourth-order valence-corrected chi connectivity index (χ4v) is 4.04. The van der Waals surface area contributed by atoms with Gasteiger partial charge in [-0.3, -0.25) is 9.59 Å². The van der Waals surface area contributed by atoms with Gasteiger partial charge in [-0.1, -0.05) is 6.58 Å². The second-order valence-corrected chi connectivity index (χ2v) is 6.52. The number of methoxy groups -OCH3 is 1. The summed E-state index contributed by atoms with van der Waals surface area (Å²) >= 11 is 0. The molecule has 0 aromatic heterocycles. The van der Waals surface area contributed by atoms with Crippen LogP contribution in [0.15, 0.2) is 30.9 Å². The molecule has 134 valence electrons. The van der Waals surface area contributed by atoms with Gasteiger partial charge in [0.2, 0.25) is 11.8 Å². The van der Waals surface area contributed by atoms with Gasteiger partial charge in [-0.25, -0.2) is 4.39 Å². The Balaban J connectivity index is 1.76. The lowest BCUT2D eigenvalue weighted by Gasteiger charge is -2.39. The van der Waals surface area contributed by atoms with Gasteiger partial charge >= 0.3 is 0 Å². The summed E-state index contributed by atoms with van der Waals surface area (Å²) < 4.78 is 18.8. The molecule has 1 aromatic carbocycles. The van der Waals surface area contributed by atoms with Crippen LogP contribution in [0.3, 0.4) is 0 Å². The summed E-state index contributed by atoms with van der Waals surface area (Å²) in [5.74, 6) is 0.00188. The number of carbonyl (C=O) groups excluding carboxylic acids is 2. The SMILES string of the molecule is C=CC(=O)N1CCC2C1CCCN2C(=O)Cc1cc(F)ccc1OC. The minimum Gasteiger partial charge on any atom is -0.496 e. The highest BCUT2D eigenvalue weighted by molar-refractivity contribution is 5.88. The molecule has 1 aromatic rings. The van der Waals surface area contributed by atoms with Gasteiger partial charge in [-0.15, -0.1) is 0 Å². The number of ether oxygens (including phenoxy) is 1. The summed E-state index contributed by atoms with van der Waals surface area (Å²) in [4.78, 5) is 28.5. The molecule has 0 N–H and O–H groups in total. The molecule has 0 saturated carbocycles. The zero-order chi connectivity index (χ0) is 18.0. The minimum absolute atomic E-state index is 0.0321. The van der Waals surface area contributed by atoms with Crippen molar-refractivity contribution < 1.29 is 18.7 Å². The van der Waals surface area contributed by atoms with E-state index in [1.807, 2.05) is 9.80 Å². The van der Waals surface area contributed by atoms with E-state index in [0.29, 0.717) is 24.4 Å². The molecule has 2 aliphatic rings. The first-order valence-corrected chi connectivity index (χ1v) is 8.60. The second-order valence-electron chi connectivity index (χ2n) is 6.52. The molecule has 5 nitrogen and oxygen atoms in total. The molecule has 0 radical (unpaired) electrons. The number of carbonyl (C=O) groups is 2. The summed E-state index contributed by atoms with van der Waals surface area (Å²) in [6, 6.07) is 4.29. The van der Waals surface area contributed by atoms with Gasteiger partial charge < -0.3 is 14.5 Å². The lowest BCUT2D eigenvalue weighted by molar-refractivity contribution is -0.137. The first-order valence-electron chi connectivity index (χ1n) is 8.60. The maximum absolute atomic E-state index is 13.5. The van der Waals surface area contributed by atoms with Gasteiger partial charge in [0.05, 0.1) is 25.6 Å². The van der Waals surface area contributed by atoms with Crippen molar-refractivity contribution in [1.29, 1.82) is 0 Å². The third-order valence-corrected chi connectivity index (χ3v) is 5.17. The highest BCUT2D eigenvalue weighted by Crippen LogP contribution is 2.32. The largest absolute Gasteiger partial charge is 0.496 e. The topological polar surface area (TPSA) is 49.9 Å². The third kappa shape index (κ3) is 3.38. The average molecular weight is 346 g/mol. The zero-order valence-electron chi connectivity index (χ0n) is 14.4. The maximum atomic E-state index is 13.5. The third-order valence-electron chi connectivity index (χ3n) is 5.17. The van der Waals surface area contributed by atoms with E-state index in [-0.39, 0.29) is 36.1 Å². The van der Waals surface area contributed by atoms with Crippen molar-refractivity contribution in [2.45, 2.75) is 37.8 Å². The lowest BCUT2D eigenvalue weighted by Crippen LogP contribution is -2.53. The van der Waals surface area contributed by atoms with Crippen molar-refractivity contribution in [2.24, 2.45) is 0 Å². The van der Waals surface area contributed by atoms with Crippen molar-refractivity contribution in [1.82, 2.24) is 9.80 Å². The van der Waals surface area contributed by atoms with Crippen LogP contribution in [0.1, 0.15) is 24.8 Å². The van der Waals surface area contributed by atoms with Crippen molar-refractivity contribution in [2.75, 3.05) is 20.2 Å². The van der Waals surface area contributed by atoms with Crippen LogP contribution in [0, 0.1) is 5.82 Å². The monoisotopic (exact) mass is 346 g/mol. The number of halogens is 1. The van der Waals surface area contributed by atoms with Crippen LogP contribution in [-0.4, -0.2) is 53.9 Å². The van der Waals surface area contributed by atoms with Crippen molar-refractivity contribution >= 4 is 11.8 Å². The van der Waals surface area contributed by atoms with Gasteiger partial charge in [0.25, 0.3) is 0 Å². The van der Waals surface area contributed by atoms with Gasteiger partial charge in [0, 0.05) is 18.7 Å². The predicted molar refractivity (Wildman–Crippen MR) is 91.7 cm³/mol. The average Bonchev–Trinajstić information content (AvgIpc) is 3.05. The molecule has 2 saturated heterocycles. The fourth-order valence-electron chi connectivity index (χ4n) is 4.04. The highest BCUT2D eigenvalue weighted by atomic mass is 19.1. The van der Waals surface area contributed by atoms with Crippen LogP contribution in [0.5, 0.6) is 5.75 Å². The summed E-state index contributed by atoms with van der Waals surface area (Å²) in [5, 5.41) is 0. The number of hydrogen-bond acceptors (Lipinski definition) is 3. The molecule has 2 unspecified atom stereocenters. The number of benzene rings is 1. The molecule has 2 atom stereocenters. The molecule has 2 heterocycles. The summed E-state index contributed by atoms with van der Waals surface area (Å²) in [5.41, 5.74) is 0.548. The Hall–Kier alpha value is -2.37. The lowest BCUT2D eigenvalue weighted by atomic mass is 9.95. The Kier molecular flexibility index (Phi) is 5.06. The van der Waals surface area contributed by atoms with Gasteiger partial charge in [0.15, 0.2) is 0 Å². The number of amides is 2. The Bertz CT molecular complexity index is 691. The minimum atomic E-state index is -0.385. The summed E-state index contributed by atoms with van der Waals surface area (Å²) in [6.45, 7) is 4.88. The summed E-state index contributed by atoms with van der Waals surface area (Å²) in [7, 11) is 1.51. The van der Waals surface area contributed by atoms with E-state index in [2.05, 4.69) is 6.58 Å². The first kappa shape index (κ1) is 17.5. The second kappa shape index (κ2) is 7.25. The van der Waals surface area contributed by atoms with Crippen molar-refractivity contribution in [3.8, 4) is 5.75 Å². The molecule has 2 aliphatic heterocycles. The molecule has 0 bridgehead atoms. The summed E-state index contributed by atoms with van der Waals surface area (Å²) in [6.07, 6.45) is 3.96. The van der Waals surface area contributed by atoms with Crippen LogP contribution >= 0.6 is 0 Å². The van der Waals surface area contributed by atoms with E-state index in [0.717, 1.165) is 19.3 Å². The van der Waals surface area contributed by atoms with E-state index in [4.69, 9.17) is 4.74 Å². The maximum Gasteiger partial charge on any atom is 0.246 e. The van der Waals surface area contributed by atoms with Gasteiger partial charge in [0.1, 0.15) is 11.6 Å². The van der Waals surface area contributed by atoms with Crippen molar-refractivity contribution in [3.63, 3.8) is 0 Å². The predicted octanol–water partition coefficient (Wildman–Crippen LogP) is 2.15. The van der Waals surface area contributed by atoms with E-state index in [1.165, 1.54) is 31.4 Å². The Labute approximate surface area is 147 Å². The standard InChI is InChI=1S/C19H23FN2O3/c1-3-18(23)22-10-8-16-15(22)5-4-9-21(16)19(24)12-13-11-14(20)6-7-17(13)25-2/h3,6-7,11,15-16H,1,4-5,8-10,12H2,2H3. The molecule has 3 rings (SSSR count). The number of fused-ring (bicyclic) bond motifs is 1. The molecule has 2 amide bonds. The van der Waals surface area contributed by atoms with Gasteiger partial charge in [-0.2, -0.15) is 0 Å². The van der Waals surface area contributed by atoms with E-state index in [9.17, 15) is 14.0 Å². The van der Waals surface area contributed by atoms with Crippen LogP contribution in [0.4, 0.5) is 4.39 Å². The number of piperidine rings is 1. The molecule has 25 heavy (non-hydrogen) atoms. The van der Waals surface area contributed by atoms with Crippen LogP contribution in [0.2, 0.25) is 0 Å². The Morgan fingerprint density at radius 1 is 1.28 bits per heavy atom. The molecule has 6 heteroatoms. The van der Waals surface area contributed by atoms with E-state index < -0.39 is 0 Å². The fraction of sp³-hybridized carbons (Fsp3) is 0.474. The normalized spacial score (nSPS) is 22.5. The molecule has 2 fully saturated rings. The Morgan fingerprint density at radius 2 is 2.04 bits per heavy atom. The number of likely N-dealkylation sites (tertiary alicyclic amines) is 2. The zero-order valence-corrected chi connectivity index (χ0v) is 14.4. The highest BCUT2D eigenvalue weighted by Gasteiger charge is 2.43. The number of nitrogens with zero attached hydrogens (tertiary/aromatic N) is 2.